The molecule has 1 aliphatic rings. The zero-order valence-electron chi connectivity index (χ0n) is 6.89. The smallest absolute Gasteiger partial charge is 0.183 e. The molecular weight excluding hydrogens is 127 g/mol. The highest BCUT2D eigenvalue weighted by atomic mass is 16.7. The second-order valence-electron chi connectivity index (χ2n) is 3.49. The minimum atomic E-state index is -0.0759. The minimum absolute atomic E-state index is 0.0759. The molecular formula is C7H14BO2. The first-order valence-electron chi connectivity index (χ1n) is 3.67. The van der Waals surface area contributed by atoms with Crippen molar-refractivity contribution in [2.75, 3.05) is 13.2 Å². The Morgan fingerprint density at radius 1 is 1.30 bits per heavy atom. The molecule has 1 heterocycles. The SMILES string of the molecule is C[B]C1OCC(C)(C)CO1. The number of rotatable bonds is 1. The summed E-state index contributed by atoms with van der Waals surface area (Å²) in [5.74, 6) is 0. The van der Waals surface area contributed by atoms with Crippen LogP contribution in [0.2, 0.25) is 6.82 Å². The van der Waals surface area contributed by atoms with E-state index in [0.29, 0.717) is 0 Å². The lowest BCUT2D eigenvalue weighted by atomic mass is 9.80. The van der Waals surface area contributed by atoms with E-state index in [-0.39, 0.29) is 11.6 Å². The molecule has 1 aliphatic heterocycles. The quantitative estimate of drug-likeness (QED) is 0.509. The van der Waals surface area contributed by atoms with Crippen LogP contribution in [-0.2, 0) is 9.47 Å². The van der Waals surface area contributed by atoms with Gasteiger partial charge < -0.3 is 9.47 Å². The molecule has 0 unspecified atom stereocenters. The van der Waals surface area contributed by atoms with E-state index in [4.69, 9.17) is 9.47 Å². The third-order valence-corrected chi connectivity index (χ3v) is 1.55. The second kappa shape index (κ2) is 2.93. The summed E-state index contributed by atoms with van der Waals surface area (Å²) in [4.78, 5) is 0. The van der Waals surface area contributed by atoms with Gasteiger partial charge in [0, 0.05) is 5.41 Å². The summed E-state index contributed by atoms with van der Waals surface area (Å²) in [7, 11) is 1.93. The van der Waals surface area contributed by atoms with Gasteiger partial charge in [0.2, 0.25) is 0 Å². The van der Waals surface area contributed by atoms with Gasteiger partial charge in [-0.15, -0.1) is 0 Å². The van der Waals surface area contributed by atoms with Gasteiger partial charge in [-0.05, 0) is 0 Å². The Balaban J connectivity index is 2.31. The van der Waals surface area contributed by atoms with Crippen molar-refractivity contribution in [3.63, 3.8) is 0 Å². The number of ether oxygens (including phenoxy) is 2. The van der Waals surface area contributed by atoms with Crippen molar-refractivity contribution >= 4 is 7.28 Å². The number of hydrogen-bond donors (Lipinski definition) is 0. The van der Waals surface area contributed by atoms with Gasteiger partial charge in [0.05, 0.1) is 13.2 Å². The first kappa shape index (κ1) is 8.09. The second-order valence-corrected chi connectivity index (χ2v) is 3.49. The van der Waals surface area contributed by atoms with Gasteiger partial charge in [-0.3, -0.25) is 0 Å². The Morgan fingerprint density at radius 3 is 2.20 bits per heavy atom. The predicted octanol–water partition coefficient (Wildman–Crippen LogP) is 1.10. The van der Waals surface area contributed by atoms with Gasteiger partial charge in [-0.25, -0.2) is 0 Å². The average molecular weight is 141 g/mol. The van der Waals surface area contributed by atoms with Crippen LogP contribution in [0.5, 0.6) is 0 Å². The molecule has 0 spiro atoms. The molecule has 3 heteroatoms. The largest absolute Gasteiger partial charge is 0.361 e. The molecule has 0 aliphatic carbocycles. The van der Waals surface area contributed by atoms with Crippen LogP contribution in [0.15, 0.2) is 0 Å². The molecule has 0 amide bonds. The van der Waals surface area contributed by atoms with Crippen LogP contribution >= 0.6 is 0 Å². The lowest BCUT2D eigenvalue weighted by Gasteiger charge is -2.34. The maximum atomic E-state index is 5.36. The van der Waals surface area contributed by atoms with Crippen molar-refractivity contribution in [1.82, 2.24) is 0 Å². The van der Waals surface area contributed by atoms with Crippen LogP contribution in [0.4, 0.5) is 0 Å². The Kier molecular flexibility index (Phi) is 2.37. The zero-order valence-corrected chi connectivity index (χ0v) is 6.89. The molecule has 0 atom stereocenters. The van der Waals surface area contributed by atoms with Gasteiger partial charge >= 0.3 is 0 Å². The highest BCUT2D eigenvalue weighted by Crippen LogP contribution is 2.22. The first-order valence-corrected chi connectivity index (χ1v) is 3.67. The van der Waals surface area contributed by atoms with Crippen LogP contribution in [0.3, 0.4) is 0 Å². The summed E-state index contributed by atoms with van der Waals surface area (Å²) in [6, 6.07) is 0. The molecule has 0 bridgehead atoms. The number of hydrogen-bond acceptors (Lipinski definition) is 2. The maximum Gasteiger partial charge on any atom is 0.183 e. The minimum Gasteiger partial charge on any atom is -0.361 e. The van der Waals surface area contributed by atoms with Crippen molar-refractivity contribution < 1.29 is 9.47 Å². The lowest BCUT2D eigenvalue weighted by molar-refractivity contribution is -0.181. The molecule has 0 aromatic heterocycles. The molecule has 1 radical (unpaired) electrons. The van der Waals surface area contributed by atoms with Gasteiger partial charge in [0.25, 0.3) is 0 Å². The first-order chi connectivity index (χ1) is 4.64. The molecule has 0 aromatic rings. The standard InChI is InChI=1S/C7H14BO2/c1-7(2)4-9-6(8-3)10-5-7/h6H,4-5H2,1-3H3. The summed E-state index contributed by atoms with van der Waals surface area (Å²) in [5.41, 5.74) is 0.194. The van der Waals surface area contributed by atoms with Crippen LogP contribution < -0.4 is 0 Å². The molecule has 57 valence electrons. The summed E-state index contributed by atoms with van der Waals surface area (Å²) >= 11 is 0. The van der Waals surface area contributed by atoms with E-state index < -0.39 is 0 Å². The van der Waals surface area contributed by atoms with E-state index in [1.54, 1.807) is 0 Å². The van der Waals surface area contributed by atoms with Crippen LogP contribution in [-0.4, -0.2) is 26.7 Å². The summed E-state index contributed by atoms with van der Waals surface area (Å²) in [5, 5.41) is 0. The fraction of sp³-hybridized carbons (Fsp3) is 1.00. The van der Waals surface area contributed by atoms with Gasteiger partial charge in [0.15, 0.2) is 7.28 Å². The Hall–Kier alpha value is -0.0151. The Morgan fingerprint density at radius 2 is 1.80 bits per heavy atom. The molecule has 1 saturated heterocycles. The van der Waals surface area contributed by atoms with Crippen molar-refractivity contribution in [2.24, 2.45) is 5.41 Å². The normalized spacial score (nSPS) is 26.3. The van der Waals surface area contributed by atoms with Gasteiger partial charge in [-0.1, -0.05) is 20.7 Å². The molecule has 0 N–H and O–H groups in total. The Labute approximate surface area is 63.1 Å². The predicted molar refractivity (Wildman–Crippen MR) is 41.1 cm³/mol. The summed E-state index contributed by atoms with van der Waals surface area (Å²) < 4.78 is 10.7. The van der Waals surface area contributed by atoms with E-state index >= 15 is 0 Å². The lowest BCUT2D eigenvalue weighted by Crippen LogP contribution is -2.39. The summed E-state index contributed by atoms with van der Waals surface area (Å²) in [6.45, 7) is 7.81. The van der Waals surface area contributed by atoms with Crippen molar-refractivity contribution in [3.8, 4) is 0 Å². The van der Waals surface area contributed by atoms with Gasteiger partial charge in [-0.2, -0.15) is 0 Å². The van der Waals surface area contributed by atoms with Gasteiger partial charge in [0.1, 0.15) is 6.19 Å². The van der Waals surface area contributed by atoms with E-state index in [1.165, 1.54) is 0 Å². The third kappa shape index (κ3) is 1.99. The monoisotopic (exact) mass is 141 g/mol. The van der Waals surface area contributed by atoms with Crippen molar-refractivity contribution in [2.45, 2.75) is 26.9 Å². The van der Waals surface area contributed by atoms with Crippen LogP contribution in [0.25, 0.3) is 0 Å². The fourth-order valence-corrected chi connectivity index (χ4v) is 0.898. The van der Waals surface area contributed by atoms with E-state index in [1.807, 2.05) is 14.1 Å². The highest BCUT2D eigenvalue weighted by molar-refractivity contribution is 6.34. The molecule has 10 heavy (non-hydrogen) atoms. The third-order valence-electron chi connectivity index (χ3n) is 1.55. The zero-order chi connectivity index (χ0) is 7.61. The molecule has 0 saturated carbocycles. The summed E-state index contributed by atoms with van der Waals surface area (Å²) in [6.07, 6.45) is -0.0759. The fourth-order valence-electron chi connectivity index (χ4n) is 0.898. The molecule has 1 rings (SSSR count). The van der Waals surface area contributed by atoms with Crippen LogP contribution in [0, 0.1) is 5.41 Å². The van der Waals surface area contributed by atoms with Crippen molar-refractivity contribution in [1.29, 1.82) is 0 Å². The topological polar surface area (TPSA) is 18.5 Å². The highest BCUT2D eigenvalue weighted by Gasteiger charge is 2.27. The molecule has 2 nitrogen and oxygen atoms in total. The van der Waals surface area contributed by atoms with E-state index in [0.717, 1.165) is 13.2 Å². The average Bonchev–Trinajstić information content (AvgIpc) is 1.88. The maximum absolute atomic E-state index is 5.36. The van der Waals surface area contributed by atoms with E-state index in [2.05, 4.69) is 13.8 Å². The molecule has 0 aromatic carbocycles. The van der Waals surface area contributed by atoms with Crippen molar-refractivity contribution in [3.05, 3.63) is 0 Å². The Bertz CT molecular complexity index is 104. The van der Waals surface area contributed by atoms with Crippen LogP contribution in [0.1, 0.15) is 13.8 Å². The molecule has 1 fully saturated rings. The van der Waals surface area contributed by atoms with E-state index in [9.17, 15) is 0 Å².